The lowest BCUT2D eigenvalue weighted by Crippen LogP contribution is -2.51. The number of aryl methyl sites for hydroxylation is 1. The topological polar surface area (TPSA) is 61.5 Å². The highest BCUT2D eigenvalue weighted by molar-refractivity contribution is 5.94. The lowest BCUT2D eigenvalue weighted by atomic mass is 9.96. The highest BCUT2D eigenvalue weighted by Gasteiger charge is 2.39. The summed E-state index contributed by atoms with van der Waals surface area (Å²) in [6, 6.07) is 10.3. The van der Waals surface area contributed by atoms with Crippen molar-refractivity contribution in [2.75, 3.05) is 32.8 Å². The number of carbonyl (C=O) groups excluding carboxylic acids is 1. The van der Waals surface area contributed by atoms with Crippen molar-refractivity contribution in [3.63, 3.8) is 0 Å². The van der Waals surface area contributed by atoms with Crippen LogP contribution in [0.4, 0.5) is 0 Å². The van der Waals surface area contributed by atoms with Gasteiger partial charge in [0.2, 0.25) is 0 Å². The van der Waals surface area contributed by atoms with Crippen molar-refractivity contribution in [2.24, 2.45) is 0 Å². The third-order valence-corrected chi connectivity index (χ3v) is 6.40. The molecule has 0 saturated carbocycles. The van der Waals surface area contributed by atoms with Gasteiger partial charge in [-0.25, -0.2) is 0 Å². The van der Waals surface area contributed by atoms with Gasteiger partial charge in [-0.3, -0.25) is 9.89 Å². The molecule has 1 amide bonds. The number of hydrogen-bond donors (Lipinski definition) is 1. The fourth-order valence-corrected chi connectivity index (χ4v) is 5.01. The monoisotopic (exact) mass is 380 g/mol. The Morgan fingerprint density at radius 1 is 1.11 bits per heavy atom. The Morgan fingerprint density at radius 3 is 2.75 bits per heavy atom. The molecule has 28 heavy (non-hydrogen) atoms. The number of benzene rings is 1. The lowest BCUT2D eigenvalue weighted by Gasteiger charge is -2.42. The van der Waals surface area contributed by atoms with Crippen LogP contribution in [0.5, 0.6) is 0 Å². The summed E-state index contributed by atoms with van der Waals surface area (Å²) < 4.78 is 6.23. The zero-order chi connectivity index (χ0) is 18.9. The molecular weight excluding hydrogens is 352 g/mol. The second kappa shape index (κ2) is 7.68. The highest BCUT2D eigenvalue weighted by Crippen LogP contribution is 2.33. The Balaban J connectivity index is 1.46. The van der Waals surface area contributed by atoms with Gasteiger partial charge in [0.05, 0.1) is 18.8 Å². The number of carbonyl (C=O) groups is 1. The van der Waals surface area contributed by atoms with Crippen LogP contribution in [0.25, 0.3) is 0 Å². The molecular formula is C22H28N4O2. The van der Waals surface area contributed by atoms with E-state index in [9.17, 15) is 4.79 Å². The van der Waals surface area contributed by atoms with Gasteiger partial charge in [0.25, 0.3) is 5.91 Å². The first-order valence-electron chi connectivity index (χ1n) is 10.6. The van der Waals surface area contributed by atoms with Crippen molar-refractivity contribution in [3.05, 3.63) is 52.8 Å². The molecule has 2 aromatic rings. The van der Waals surface area contributed by atoms with E-state index in [1.807, 2.05) is 23.1 Å². The highest BCUT2D eigenvalue weighted by atomic mass is 16.5. The number of H-pyrrole nitrogens is 1. The van der Waals surface area contributed by atoms with E-state index < -0.39 is 0 Å². The molecule has 0 unspecified atom stereocenters. The minimum atomic E-state index is -0.0724. The van der Waals surface area contributed by atoms with Crippen LogP contribution in [-0.2, 0) is 17.6 Å². The Bertz CT molecular complexity index is 828. The van der Waals surface area contributed by atoms with E-state index in [1.165, 1.54) is 12.8 Å². The molecule has 2 saturated heterocycles. The maximum atomic E-state index is 13.6. The standard InChI is InChI=1S/C22H28N4O2/c27-22(20-17-9-6-10-18(17)23-24-20)26-13-14-28-19(15-25-11-4-5-12-25)21(26)16-7-2-1-3-8-16/h1-3,7-8,19,21H,4-6,9-15H2,(H,23,24)/t19-,21-/m0/s1. The number of fused-ring (bicyclic) bond motifs is 1. The van der Waals surface area contributed by atoms with E-state index in [0.29, 0.717) is 18.8 Å². The minimum Gasteiger partial charge on any atom is -0.373 e. The molecule has 3 aliphatic rings. The number of nitrogens with zero attached hydrogens (tertiary/aromatic N) is 3. The van der Waals surface area contributed by atoms with Crippen LogP contribution >= 0.6 is 0 Å². The third kappa shape index (κ3) is 3.25. The Hall–Kier alpha value is -2.18. The Morgan fingerprint density at radius 2 is 1.93 bits per heavy atom. The van der Waals surface area contributed by atoms with Gasteiger partial charge in [0.15, 0.2) is 5.69 Å². The number of aromatic amines is 1. The van der Waals surface area contributed by atoms with Gasteiger partial charge in [-0.2, -0.15) is 5.10 Å². The molecule has 5 rings (SSSR count). The summed E-state index contributed by atoms with van der Waals surface area (Å²) in [6.07, 6.45) is 5.55. The van der Waals surface area contributed by atoms with Crippen LogP contribution in [0.1, 0.15) is 52.6 Å². The van der Waals surface area contributed by atoms with Gasteiger partial charge in [-0.15, -0.1) is 0 Å². The summed E-state index contributed by atoms with van der Waals surface area (Å²) >= 11 is 0. The van der Waals surface area contributed by atoms with E-state index in [2.05, 4.69) is 27.2 Å². The molecule has 2 aliphatic heterocycles. The van der Waals surface area contributed by atoms with Crippen LogP contribution in [0.2, 0.25) is 0 Å². The van der Waals surface area contributed by atoms with Crippen molar-refractivity contribution < 1.29 is 9.53 Å². The number of amides is 1. The molecule has 2 fully saturated rings. The summed E-state index contributed by atoms with van der Waals surface area (Å²) in [7, 11) is 0. The van der Waals surface area contributed by atoms with Crippen LogP contribution < -0.4 is 0 Å². The van der Waals surface area contributed by atoms with Gasteiger partial charge in [0, 0.05) is 24.3 Å². The molecule has 0 radical (unpaired) electrons. The summed E-state index contributed by atoms with van der Waals surface area (Å²) in [5.41, 5.74) is 4.03. The smallest absolute Gasteiger partial charge is 0.275 e. The largest absolute Gasteiger partial charge is 0.373 e. The number of nitrogens with one attached hydrogen (secondary N) is 1. The van der Waals surface area contributed by atoms with Crippen molar-refractivity contribution >= 4 is 5.91 Å². The molecule has 148 valence electrons. The maximum Gasteiger partial charge on any atom is 0.275 e. The normalized spacial score (nSPS) is 25.2. The number of hydrogen-bond acceptors (Lipinski definition) is 4. The van der Waals surface area contributed by atoms with Gasteiger partial charge in [0.1, 0.15) is 0 Å². The summed E-state index contributed by atoms with van der Waals surface area (Å²) in [4.78, 5) is 18.0. The van der Waals surface area contributed by atoms with Crippen LogP contribution in [0.15, 0.2) is 30.3 Å². The molecule has 6 nitrogen and oxygen atoms in total. The van der Waals surface area contributed by atoms with Crippen LogP contribution in [-0.4, -0.2) is 64.8 Å². The van der Waals surface area contributed by atoms with Gasteiger partial charge in [-0.1, -0.05) is 30.3 Å². The predicted octanol–water partition coefficient (Wildman–Crippen LogP) is 2.58. The molecule has 6 heteroatoms. The number of likely N-dealkylation sites (tertiary alicyclic amines) is 1. The quantitative estimate of drug-likeness (QED) is 0.886. The molecule has 1 aromatic carbocycles. The number of morpholine rings is 1. The predicted molar refractivity (Wildman–Crippen MR) is 106 cm³/mol. The molecule has 0 spiro atoms. The number of ether oxygens (including phenoxy) is 1. The van der Waals surface area contributed by atoms with E-state index in [-0.39, 0.29) is 18.1 Å². The number of aromatic nitrogens is 2. The van der Waals surface area contributed by atoms with Gasteiger partial charge in [-0.05, 0) is 50.8 Å². The fraction of sp³-hybridized carbons (Fsp3) is 0.545. The first-order chi connectivity index (χ1) is 13.8. The number of rotatable bonds is 4. The molecule has 2 atom stereocenters. The zero-order valence-corrected chi connectivity index (χ0v) is 16.3. The van der Waals surface area contributed by atoms with Crippen LogP contribution in [0.3, 0.4) is 0 Å². The molecule has 1 aromatic heterocycles. The molecule has 3 heterocycles. The minimum absolute atomic E-state index is 0.00908. The van der Waals surface area contributed by atoms with E-state index >= 15 is 0 Å². The summed E-state index contributed by atoms with van der Waals surface area (Å²) in [5.74, 6) is 0.0444. The maximum absolute atomic E-state index is 13.6. The van der Waals surface area contributed by atoms with Crippen molar-refractivity contribution in [3.8, 4) is 0 Å². The van der Waals surface area contributed by atoms with Crippen molar-refractivity contribution in [1.82, 2.24) is 20.0 Å². The third-order valence-electron chi connectivity index (χ3n) is 6.40. The second-order valence-corrected chi connectivity index (χ2v) is 8.15. The summed E-state index contributed by atoms with van der Waals surface area (Å²) in [5, 5.41) is 7.50. The second-order valence-electron chi connectivity index (χ2n) is 8.15. The van der Waals surface area contributed by atoms with Gasteiger partial charge < -0.3 is 14.5 Å². The van der Waals surface area contributed by atoms with Crippen LogP contribution in [0, 0.1) is 0 Å². The Labute approximate surface area is 165 Å². The molecule has 0 bridgehead atoms. The SMILES string of the molecule is O=C(c1n[nH]c2c1CCC2)N1CCO[C@@H](CN2CCCC2)[C@@H]1c1ccccc1. The summed E-state index contributed by atoms with van der Waals surface area (Å²) in [6.45, 7) is 4.32. The first-order valence-corrected chi connectivity index (χ1v) is 10.6. The van der Waals surface area contributed by atoms with Crippen molar-refractivity contribution in [2.45, 2.75) is 44.2 Å². The zero-order valence-electron chi connectivity index (χ0n) is 16.3. The fourth-order valence-electron chi connectivity index (χ4n) is 5.01. The average molecular weight is 380 g/mol. The lowest BCUT2D eigenvalue weighted by molar-refractivity contribution is -0.0708. The van der Waals surface area contributed by atoms with Crippen molar-refractivity contribution in [1.29, 1.82) is 0 Å². The average Bonchev–Trinajstić information content (AvgIpc) is 3.46. The molecule has 1 N–H and O–H groups in total. The van der Waals surface area contributed by atoms with E-state index in [1.54, 1.807) is 0 Å². The van der Waals surface area contributed by atoms with E-state index in [0.717, 1.165) is 55.7 Å². The van der Waals surface area contributed by atoms with E-state index in [4.69, 9.17) is 4.74 Å². The van der Waals surface area contributed by atoms with Gasteiger partial charge >= 0.3 is 0 Å². The molecule has 1 aliphatic carbocycles. The Kier molecular flexibility index (Phi) is 4.91. The first kappa shape index (κ1) is 17.9.